The third-order valence-corrected chi connectivity index (χ3v) is 5.04. The summed E-state index contributed by atoms with van der Waals surface area (Å²) in [5, 5.41) is 14.4. The maximum Gasteiger partial charge on any atom is 0.270 e. The van der Waals surface area contributed by atoms with Crippen LogP contribution in [0.5, 0.6) is 0 Å². The Labute approximate surface area is 134 Å². The van der Waals surface area contributed by atoms with E-state index in [4.69, 9.17) is 0 Å². The molecule has 0 saturated heterocycles. The minimum atomic E-state index is -0.368. The Balaban J connectivity index is 2.18. The SMILES string of the molecule is CC(C)(C)C1CCCCC1Nc1ccc([N+](=O)[O-])cc1Br. The summed E-state index contributed by atoms with van der Waals surface area (Å²) in [5.74, 6) is 0.619. The van der Waals surface area contributed by atoms with E-state index in [1.165, 1.54) is 19.3 Å². The Hall–Kier alpha value is -1.10. The number of halogens is 1. The molecule has 4 nitrogen and oxygen atoms in total. The summed E-state index contributed by atoms with van der Waals surface area (Å²) in [7, 11) is 0. The fourth-order valence-corrected chi connectivity index (χ4v) is 3.76. The van der Waals surface area contributed by atoms with E-state index in [0.29, 0.717) is 12.0 Å². The molecule has 0 aliphatic heterocycles. The highest BCUT2D eigenvalue weighted by atomic mass is 79.9. The van der Waals surface area contributed by atoms with Crippen LogP contribution in [-0.4, -0.2) is 11.0 Å². The molecule has 1 aliphatic carbocycles. The summed E-state index contributed by atoms with van der Waals surface area (Å²) in [4.78, 5) is 10.4. The quantitative estimate of drug-likeness (QED) is 0.585. The second-order valence-corrected chi connectivity index (χ2v) is 7.78. The lowest BCUT2D eigenvalue weighted by Crippen LogP contribution is -2.39. The van der Waals surface area contributed by atoms with E-state index in [2.05, 4.69) is 42.0 Å². The molecule has 5 heteroatoms. The van der Waals surface area contributed by atoms with Gasteiger partial charge >= 0.3 is 0 Å². The second kappa shape index (κ2) is 6.34. The van der Waals surface area contributed by atoms with Crippen LogP contribution in [0.25, 0.3) is 0 Å². The Kier molecular flexibility index (Phi) is 4.91. The fourth-order valence-electron chi connectivity index (χ4n) is 3.27. The summed E-state index contributed by atoms with van der Waals surface area (Å²) >= 11 is 3.45. The standard InChI is InChI=1S/C16H23BrN2O2/c1-16(2,3)12-6-4-5-7-14(12)18-15-9-8-11(19(20)21)10-13(15)17/h8-10,12,14,18H,4-7H2,1-3H3. The average Bonchev–Trinajstić information content (AvgIpc) is 2.40. The van der Waals surface area contributed by atoms with Gasteiger partial charge in [0, 0.05) is 28.3 Å². The van der Waals surface area contributed by atoms with Crippen molar-refractivity contribution in [2.24, 2.45) is 11.3 Å². The van der Waals surface area contributed by atoms with Crippen molar-refractivity contribution in [3.05, 3.63) is 32.8 Å². The Morgan fingerprint density at radius 1 is 1.29 bits per heavy atom. The number of anilines is 1. The minimum Gasteiger partial charge on any atom is -0.381 e. The van der Waals surface area contributed by atoms with Crippen molar-refractivity contribution in [3.8, 4) is 0 Å². The molecule has 1 aliphatic rings. The van der Waals surface area contributed by atoms with Gasteiger partial charge in [-0.1, -0.05) is 33.6 Å². The van der Waals surface area contributed by atoms with Crippen molar-refractivity contribution in [3.63, 3.8) is 0 Å². The maximum absolute atomic E-state index is 10.8. The fraction of sp³-hybridized carbons (Fsp3) is 0.625. The highest BCUT2D eigenvalue weighted by Gasteiger charge is 2.34. The summed E-state index contributed by atoms with van der Waals surface area (Å²) in [6.07, 6.45) is 4.94. The van der Waals surface area contributed by atoms with E-state index >= 15 is 0 Å². The topological polar surface area (TPSA) is 55.2 Å². The molecule has 1 aromatic rings. The van der Waals surface area contributed by atoms with Crippen molar-refractivity contribution in [2.45, 2.75) is 52.5 Å². The van der Waals surface area contributed by atoms with Crippen LogP contribution < -0.4 is 5.32 Å². The third-order valence-electron chi connectivity index (χ3n) is 4.38. The van der Waals surface area contributed by atoms with Crippen LogP contribution in [0, 0.1) is 21.4 Å². The van der Waals surface area contributed by atoms with Crippen LogP contribution in [0.1, 0.15) is 46.5 Å². The summed E-state index contributed by atoms with van der Waals surface area (Å²) in [6.45, 7) is 6.88. The molecule has 0 spiro atoms. The molecule has 0 heterocycles. The van der Waals surface area contributed by atoms with E-state index in [-0.39, 0.29) is 16.0 Å². The maximum atomic E-state index is 10.8. The van der Waals surface area contributed by atoms with Gasteiger partial charge in [0.2, 0.25) is 0 Å². The Morgan fingerprint density at radius 2 is 1.95 bits per heavy atom. The zero-order chi connectivity index (χ0) is 15.6. The van der Waals surface area contributed by atoms with Crippen molar-refractivity contribution in [2.75, 3.05) is 5.32 Å². The zero-order valence-electron chi connectivity index (χ0n) is 12.9. The van der Waals surface area contributed by atoms with Gasteiger partial charge in [0.05, 0.1) is 4.92 Å². The van der Waals surface area contributed by atoms with Gasteiger partial charge in [0.15, 0.2) is 0 Å². The summed E-state index contributed by atoms with van der Waals surface area (Å²) < 4.78 is 0.759. The highest BCUT2D eigenvalue weighted by Crippen LogP contribution is 2.40. The smallest absolute Gasteiger partial charge is 0.270 e. The molecule has 0 bridgehead atoms. The molecule has 2 atom stereocenters. The van der Waals surface area contributed by atoms with Crippen LogP contribution in [0.2, 0.25) is 0 Å². The lowest BCUT2D eigenvalue weighted by atomic mass is 9.69. The van der Waals surface area contributed by atoms with Gasteiger partial charge in [-0.15, -0.1) is 0 Å². The molecule has 0 radical (unpaired) electrons. The van der Waals surface area contributed by atoms with Gasteiger partial charge in [0.1, 0.15) is 0 Å². The van der Waals surface area contributed by atoms with Crippen molar-refractivity contribution < 1.29 is 4.92 Å². The van der Waals surface area contributed by atoms with E-state index < -0.39 is 0 Å². The van der Waals surface area contributed by atoms with Crippen LogP contribution >= 0.6 is 15.9 Å². The number of non-ortho nitro benzene ring substituents is 1. The monoisotopic (exact) mass is 354 g/mol. The van der Waals surface area contributed by atoms with Gasteiger partial charge in [0.25, 0.3) is 5.69 Å². The predicted molar refractivity (Wildman–Crippen MR) is 89.6 cm³/mol. The number of nitrogens with one attached hydrogen (secondary N) is 1. The average molecular weight is 355 g/mol. The van der Waals surface area contributed by atoms with Gasteiger partial charge in [-0.25, -0.2) is 0 Å². The molecule has 1 fully saturated rings. The van der Waals surface area contributed by atoms with E-state index in [9.17, 15) is 10.1 Å². The second-order valence-electron chi connectivity index (χ2n) is 6.93. The highest BCUT2D eigenvalue weighted by molar-refractivity contribution is 9.10. The van der Waals surface area contributed by atoms with Gasteiger partial charge in [-0.3, -0.25) is 10.1 Å². The van der Waals surface area contributed by atoms with Crippen LogP contribution in [0.15, 0.2) is 22.7 Å². The lowest BCUT2D eigenvalue weighted by Gasteiger charge is -2.41. The first-order valence-corrected chi connectivity index (χ1v) is 8.29. The predicted octanol–water partition coefficient (Wildman–Crippen LogP) is 5.37. The molecule has 1 N–H and O–H groups in total. The summed E-state index contributed by atoms with van der Waals surface area (Å²) in [5.41, 5.74) is 1.33. The van der Waals surface area contributed by atoms with Crippen molar-refractivity contribution >= 4 is 27.3 Å². The first kappa shape index (κ1) is 16.3. The van der Waals surface area contributed by atoms with E-state index in [1.54, 1.807) is 18.2 Å². The van der Waals surface area contributed by atoms with Crippen LogP contribution in [0.3, 0.4) is 0 Å². The number of benzene rings is 1. The summed E-state index contributed by atoms with van der Waals surface area (Å²) in [6, 6.07) is 5.35. The molecule has 1 aromatic carbocycles. The molecular weight excluding hydrogens is 332 g/mol. The molecule has 0 amide bonds. The van der Waals surface area contributed by atoms with E-state index in [1.807, 2.05) is 0 Å². The van der Waals surface area contributed by atoms with Crippen molar-refractivity contribution in [1.82, 2.24) is 0 Å². The number of rotatable bonds is 3. The lowest BCUT2D eigenvalue weighted by molar-refractivity contribution is -0.384. The normalized spacial score (nSPS) is 22.9. The molecule has 116 valence electrons. The number of nitro benzene ring substituents is 1. The van der Waals surface area contributed by atoms with Gasteiger partial charge < -0.3 is 5.32 Å². The number of hydrogen-bond donors (Lipinski definition) is 1. The molecule has 0 aromatic heterocycles. The zero-order valence-corrected chi connectivity index (χ0v) is 14.4. The first-order valence-electron chi connectivity index (χ1n) is 7.49. The van der Waals surface area contributed by atoms with Crippen molar-refractivity contribution in [1.29, 1.82) is 0 Å². The largest absolute Gasteiger partial charge is 0.381 e. The third kappa shape index (κ3) is 3.96. The van der Waals surface area contributed by atoms with Gasteiger partial charge in [-0.2, -0.15) is 0 Å². The number of nitrogens with zero attached hydrogens (tertiary/aromatic N) is 1. The van der Waals surface area contributed by atoms with Crippen LogP contribution in [0.4, 0.5) is 11.4 Å². The molecule has 2 unspecified atom stereocenters. The van der Waals surface area contributed by atoms with E-state index in [0.717, 1.165) is 16.6 Å². The van der Waals surface area contributed by atoms with Crippen LogP contribution in [-0.2, 0) is 0 Å². The Morgan fingerprint density at radius 3 is 2.52 bits per heavy atom. The molecule has 21 heavy (non-hydrogen) atoms. The molecular formula is C16H23BrN2O2. The number of nitro groups is 1. The molecule has 1 saturated carbocycles. The number of hydrogen-bond acceptors (Lipinski definition) is 3. The first-order chi connectivity index (χ1) is 9.79. The molecule has 2 rings (SSSR count). The Bertz CT molecular complexity index is 525. The van der Waals surface area contributed by atoms with Gasteiger partial charge in [-0.05, 0) is 46.2 Å². The minimum absolute atomic E-state index is 0.114.